The van der Waals surface area contributed by atoms with Crippen LogP contribution in [0.4, 0.5) is 4.39 Å². The Morgan fingerprint density at radius 3 is 2.60 bits per heavy atom. The Morgan fingerprint density at radius 1 is 1.35 bits per heavy atom. The van der Waals surface area contributed by atoms with E-state index in [1.54, 1.807) is 26.0 Å². The third kappa shape index (κ3) is 5.36. The van der Waals surface area contributed by atoms with Crippen molar-refractivity contribution in [2.24, 2.45) is 0 Å². The quantitative estimate of drug-likeness (QED) is 0.787. The number of carbonyl (C=O) groups excluding carboxylic acids is 1. The average Bonchev–Trinajstić information content (AvgIpc) is 2.39. The van der Waals surface area contributed by atoms with Crippen LogP contribution in [0.1, 0.15) is 18.1 Å². The van der Waals surface area contributed by atoms with Gasteiger partial charge in [0.1, 0.15) is 5.82 Å². The van der Waals surface area contributed by atoms with Crippen LogP contribution in [-0.4, -0.2) is 41.5 Å². The largest absolute Gasteiger partial charge is 0.480 e. The van der Waals surface area contributed by atoms with E-state index in [9.17, 15) is 14.0 Å². The van der Waals surface area contributed by atoms with Crippen LogP contribution in [0.2, 0.25) is 0 Å². The van der Waals surface area contributed by atoms with Gasteiger partial charge in [0, 0.05) is 6.54 Å². The molecule has 0 aliphatic rings. The first kappa shape index (κ1) is 16.1. The standard InChI is InChI=1S/C14H19FN2O3/c1-3-17(9-14(19)20)8-13(18)16-7-11-4-5-12(15)10(2)6-11/h4-6H,3,7-9H2,1-2H3,(H,16,18)(H,19,20). The molecule has 0 aromatic heterocycles. The molecule has 0 saturated heterocycles. The topological polar surface area (TPSA) is 69.6 Å². The summed E-state index contributed by atoms with van der Waals surface area (Å²) in [7, 11) is 0. The zero-order valence-corrected chi connectivity index (χ0v) is 11.6. The molecule has 5 nitrogen and oxygen atoms in total. The Morgan fingerprint density at radius 2 is 2.05 bits per heavy atom. The maximum absolute atomic E-state index is 13.1. The molecule has 0 aliphatic carbocycles. The van der Waals surface area contributed by atoms with E-state index in [0.29, 0.717) is 18.7 Å². The number of hydrogen-bond acceptors (Lipinski definition) is 3. The number of rotatable bonds is 7. The fourth-order valence-corrected chi connectivity index (χ4v) is 1.75. The highest BCUT2D eigenvalue weighted by Gasteiger charge is 2.12. The fraction of sp³-hybridized carbons (Fsp3) is 0.429. The summed E-state index contributed by atoms with van der Waals surface area (Å²) >= 11 is 0. The van der Waals surface area contributed by atoms with E-state index in [-0.39, 0.29) is 24.8 Å². The smallest absolute Gasteiger partial charge is 0.317 e. The Kier molecular flexibility index (Phi) is 6.11. The van der Waals surface area contributed by atoms with Gasteiger partial charge in [-0.05, 0) is 30.7 Å². The van der Waals surface area contributed by atoms with Crippen molar-refractivity contribution in [3.8, 4) is 0 Å². The number of carbonyl (C=O) groups is 2. The molecule has 0 bridgehead atoms. The molecule has 1 rings (SSSR count). The number of carboxylic acid groups (broad SMARTS) is 1. The van der Waals surface area contributed by atoms with Crippen LogP contribution in [0.25, 0.3) is 0 Å². The summed E-state index contributed by atoms with van der Waals surface area (Å²) in [5.41, 5.74) is 1.33. The number of nitrogens with one attached hydrogen (secondary N) is 1. The molecule has 0 heterocycles. The summed E-state index contributed by atoms with van der Waals surface area (Å²) in [5.74, 6) is -1.50. The first-order chi connectivity index (χ1) is 9.42. The number of amides is 1. The third-order valence-electron chi connectivity index (χ3n) is 2.89. The minimum atomic E-state index is -0.964. The second-order valence-corrected chi connectivity index (χ2v) is 4.56. The van der Waals surface area contributed by atoms with Gasteiger partial charge in [-0.25, -0.2) is 4.39 Å². The van der Waals surface area contributed by atoms with Crippen LogP contribution in [0, 0.1) is 12.7 Å². The molecular formula is C14H19FN2O3. The highest BCUT2D eigenvalue weighted by Crippen LogP contribution is 2.08. The normalized spacial score (nSPS) is 10.6. The van der Waals surface area contributed by atoms with Crippen LogP contribution in [0.5, 0.6) is 0 Å². The molecule has 0 unspecified atom stereocenters. The van der Waals surface area contributed by atoms with Gasteiger partial charge >= 0.3 is 5.97 Å². The fourth-order valence-electron chi connectivity index (χ4n) is 1.75. The Labute approximate surface area is 117 Å². The number of halogens is 1. The summed E-state index contributed by atoms with van der Waals surface area (Å²) in [5, 5.41) is 11.4. The van der Waals surface area contributed by atoms with E-state index < -0.39 is 5.97 Å². The number of carboxylic acids is 1. The lowest BCUT2D eigenvalue weighted by atomic mass is 10.1. The van der Waals surface area contributed by atoms with Crippen molar-refractivity contribution in [1.29, 1.82) is 0 Å². The van der Waals surface area contributed by atoms with E-state index in [2.05, 4.69) is 5.32 Å². The van der Waals surface area contributed by atoms with E-state index in [1.807, 2.05) is 0 Å². The van der Waals surface area contributed by atoms with Crippen molar-refractivity contribution in [3.63, 3.8) is 0 Å². The maximum atomic E-state index is 13.1. The SMILES string of the molecule is CCN(CC(=O)O)CC(=O)NCc1ccc(F)c(C)c1. The molecule has 1 aromatic carbocycles. The van der Waals surface area contributed by atoms with E-state index in [0.717, 1.165) is 5.56 Å². The predicted molar refractivity (Wildman–Crippen MR) is 72.7 cm³/mol. The monoisotopic (exact) mass is 282 g/mol. The van der Waals surface area contributed by atoms with Gasteiger partial charge in [-0.3, -0.25) is 14.5 Å². The number of hydrogen-bond donors (Lipinski definition) is 2. The second-order valence-electron chi connectivity index (χ2n) is 4.56. The summed E-state index contributed by atoms with van der Waals surface area (Å²) in [6.45, 7) is 4.09. The van der Waals surface area contributed by atoms with Gasteiger partial charge in [-0.1, -0.05) is 19.1 Å². The molecule has 2 N–H and O–H groups in total. The average molecular weight is 282 g/mol. The molecule has 0 fully saturated rings. The van der Waals surface area contributed by atoms with Crippen molar-refractivity contribution in [3.05, 3.63) is 35.1 Å². The van der Waals surface area contributed by atoms with Crippen molar-refractivity contribution in [1.82, 2.24) is 10.2 Å². The van der Waals surface area contributed by atoms with Crippen molar-refractivity contribution in [2.75, 3.05) is 19.6 Å². The molecule has 0 spiro atoms. The Balaban J connectivity index is 2.46. The minimum absolute atomic E-state index is 0.0307. The number of aryl methyl sites for hydroxylation is 1. The zero-order valence-electron chi connectivity index (χ0n) is 11.6. The number of likely N-dealkylation sites (N-methyl/N-ethyl adjacent to an activating group) is 1. The van der Waals surface area contributed by atoms with Crippen LogP contribution in [-0.2, 0) is 16.1 Å². The lowest BCUT2D eigenvalue weighted by Gasteiger charge is -2.17. The maximum Gasteiger partial charge on any atom is 0.317 e. The molecule has 1 amide bonds. The lowest BCUT2D eigenvalue weighted by molar-refractivity contribution is -0.138. The Hall–Kier alpha value is -1.95. The van der Waals surface area contributed by atoms with Gasteiger partial charge in [0.15, 0.2) is 0 Å². The summed E-state index contributed by atoms with van der Waals surface area (Å²) in [6.07, 6.45) is 0. The summed E-state index contributed by atoms with van der Waals surface area (Å²) in [6, 6.07) is 4.64. The van der Waals surface area contributed by atoms with Gasteiger partial charge in [0.2, 0.25) is 5.91 Å². The summed E-state index contributed by atoms with van der Waals surface area (Å²) in [4.78, 5) is 23.8. The van der Waals surface area contributed by atoms with Crippen LogP contribution < -0.4 is 5.32 Å². The second kappa shape index (κ2) is 7.59. The molecular weight excluding hydrogens is 263 g/mol. The zero-order chi connectivity index (χ0) is 15.1. The minimum Gasteiger partial charge on any atom is -0.480 e. The van der Waals surface area contributed by atoms with Gasteiger partial charge < -0.3 is 10.4 Å². The summed E-state index contributed by atoms with van der Waals surface area (Å²) < 4.78 is 13.1. The van der Waals surface area contributed by atoms with E-state index >= 15 is 0 Å². The van der Waals surface area contributed by atoms with Crippen LogP contribution >= 0.6 is 0 Å². The lowest BCUT2D eigenvalue weighted by Crippen LogP contribution is -2.39. The predicted octanol–water partition coefficient (Wildman–Crippen LogP) is 1.16. The molecule has 6 heteroatoms. The first-order valence-corrected chi connectivity index (χ1v) is 6.38. The van der Waals surface area contributed by atoms with Gasteiger partial charge in [0.05, 0.1) is 13.1 Å². The molecule has 0 saturated carbocycles. The molecule has 0 atom stereocenters. The first-order valence-electron chi connectivity index (χ1n) is 6.38. The number of benzene rings is 1. The molecule has 1 aromatic rings. The third-order valence-corrected chi connectivity index (χ3v) is 2.89. The van der Waals surface area contributed by atoms with E-state index in [4.69, 9.17) is 5.11 Å². The molecule has 110 valence electrons. The number of aliphatic carboxylic acids is 1. The van der Waals surface area contributed by atoms with Crippen LogP contribution in [0.15, 0.2) is 18.2 Å². The van der Waals surface area contributed by atoms with Gasteiger partial charge in [-0.15, -0.1) is 0 Å². The van der Waals surface area contributed by atoms with Crippen molar-refractivity contribution < 1.29 is 19.1 Å². The Bertz CT molecular complexity index is 491. The van der Waals surface area contributed by atoms with Crippen molar-refractivity contribution >= 4 is 11.9 Å². The molecule has 0 radical (unpaired) electrons. The van der Waals surface area contributed by atoms with Gasteiger partial charge in [0.25, 0.3) is 0 Å². The molecule has 0 aliphatic heterocycles. The highest BCUT2D eigenvalue weighted by atomic mass is 19.1. The van der Waals surface area contributed by atoms with Crippen LogP contribution in [0.3, 0.4) is 0 Å². The number of nitrogens with zero attached hydrogens (tertiary/aromatic N) is 1. The molecule has 20 heavy (non-hydrogen) atoms. The van der Waals surface area contributed by atoms with Gasteiger partial charge in [-0.2, -0.15) is 0 Å². The van der Waals surface area contributed by atoms with E-state index in [1.165, 1.54) is 11.0 Å². The highest BCUT2D eigenvalue weighted by molar-refractivity contribution is 5.79. The van der Waals surface area contributed by atoms with Crippen molar-refractivity contribution in [2.45, 2.75) is 20.4 Å².